The summed E-state index contributed by atoms with van der Waals surface area (Å²) in [5.41, 5.74) is 2.22. The Kier molecular flexibility index (Phi) is 7.22. The fourth-order valence-electron chi connectivity index (χ4n) is 3.33. The summed E-state index contributed by atoms with van der Waals surface area (Å²) in [7, 11) is 0. The molecule has 0 saturated carbocycles. The van der Waals surface area contributed by atoms with Crippen LogP contribution in [0.3, 0.4) is 0 Å². The molecule has 0 atom stereocenters. The average Bonchev–Trinajstić information content (AvgIpc) is 3.26. The van der Waals surface area contributed by atoms with Crippen molar-refractivity contribution in [3.8, 4) is 0 Å². The van der Waals surface area contributed by atoms with Crippen LogP contribution in [0.1, 0.15) is 36.1 Å². The van der Waals surface area contributed by atoms with E-state index in [1.54, 1.807) is 17.2 Å². The topological polar surface area (TPSA) is 62.6 Å². The minimum absolute atomic E-state index is 0.00979. The number of nitrogens with one attached hydrogen (secondary N) is 1. The lowest BCUT2D eigenvalue weighted by Gasteiger charge is -2.21. The van der Waals surface area contributed by atoms with Gasteiger partial charge in [-0.2, -0.15) is 0 Å². The van der Waals surface area contributed by atoms with Crippen molar-refractivity contribution in [2.75, 3.05) is 13.1 Å². The Morgan fingerprint density at radius 3 is 2.07 bits per heavy atom. The summed E-state index contributed by atoms with van der Waals surface area (Å²) in [6, 6.07) is 23.7. The Morgan fingerprint density at radius 1 is 0.931 bits per heavy atom. The largest absolute Gasteiger partial charge is 0.467 e. The summed E-state index contributed by atoms with van der Waals surface area (Å²) in [6.07, 6.45) is 1.94. The van der Waals surface area contributed by atoms with E-state index in [1.807, 2.05) is 66.7 Å². The molecule has 150 valence electrons. The van der Waals surface area contributed by atoms with Crippen molar-refractivity contribution in [3.63, 3.8) is 0 Å². The Morgan fingerprint density at radius 2 is 1.55 bits per heavy atom. The number of amides is 2. The van der Waals surface area contributed by atoms with Gasteiger partial charge in [-0.3, -0.25) is 9.59 Å². The molecule has 0 aliphatic heterocycles. The van der Waals surface area contributed by atoms with Gasteiger partial charge in [-0.15, -0.1) is 0 Å². The molecule has 0 bridgehead atoms. The first-order chi connectivity index (χ1) is 14.1. The van der Waals surface area contributed by atoms with E-state index in [4.69, 9.17) is 4.42 Å². The minimum Gasteiger partial charge on any atom is -0.467 e. The molecule has 5 heteroatoms. The molecule has 5 nitrogen and oxygen atoms in total. The maximum absolute atomic E-state index is 12.6. The number of furan rings is 1. The highest BCUT2D eigenvalue weighted by Crippen LogP contribution is 2.27. The van der Waals surface area contributed by atoms with Gasteiger partial charge in [-0.25, -0.2) is 0 Å². The number of hydrogen-bond acceptors (Lipinski definition) is 3. The maximum Gasteiger partial charge on any atom is 0.221 e. The van der Waals surface area contributed by atoms with Crippen LogP contribution < -0.4 is 5.32 Å². The number of nitrogens with zero attached hydrogens (tertiary/aromatic N) is 1. The van der Waals surface area contributed by atoms with Crippen LogP contribution >= 0.6 is 0 Å². The molecule has 3 rings (SSSR count). The highest BCUT2D eigenvalue weighted by atomic mass is 16.3. The highest BCUT2D eigenvalue weighted by Gasteiger charge is 2.18. The van der Waals surface area contributed by atoms with Gasteiger partial charge < -0.3 is 14.6 Å². The zero-order valence-electron chi connectivity index (χ0n) is 16.6. The molecule has 2 amide bonds. The lowest BCUT2D eigenvalue weighted by Crippen LogP contribution is -2.37. The average molecular weight is 390 g/mol. The predicted octanol–water partition coefficient (Wildman–Crippen LogP) is 3.97. The molecule has 1 heterocycles. The monoisotopic (exact) mass is 390 g/mol. The van der Waals surface area contributed by atoms with Crippen LogP contribution in [0.2, 0.25) is 0 Å². The first-order valence-corrected chi connectivity index (χ1v) is 9.78. The van der Waals surface area contributed by atoms with Crippen molar-refractivity contribution < 1.29 is 14.0 Å². The molecule has 2 aromatic carbocycles. The van der Waals surface area contributed by atoms with E-state index >= 15 is 0 Å². The fraction of sp³-hybridized carbons (Fsp3) is 0.250. The molecule has 0 unspecified atom stereocenters. The SMILES string of the molecule is CC(=O)N(CCNC(=O)CC(c1ccccc1)c1ccccc1)Cc1ccco1. The second-order valence-electron chi connectivity index (χ2n) is 6.95. The van der Waals surface area contributed by atoms with Crippen molar-refractivity contribution >= 4 is 11.8 Å². The predicted molar refractivity (Wildman–Crippen MR) is 112 cm³/mol. The van der Waals surface area contributed by atoms with Gasteiger partial charge in [0.25, 0.3) is 0 Å². The van der Waals surface area contributed by atoms with Crippen molar-refractivity contribution in [1.29, 1.82) is 0 Å². The Balaban J connectivity index is 1.58. The normalized spacial score (nSPS) is 10.7. The van der Waals surface area contributed by atoms with Crippen LogP contribution in [0.15, 0.2) is 83.5 Å². The van der Waals surface area contributed by atoms with Gasteiger partial charge >= 0.3 is 0 Å². The van der Waals surface area contributed by atoms with Gasteiger partial charge in [-0.1, -0.05) is 60.7 Å². The molecule has 0 aliphatic rings. The van der Waals surface area contributed by atoms with Gasteiger partial charge in [0.1, 0.15) is 5.76 Å². The molecule has 0 radical (unpaired) electrons. The third-order valence-electron chi connectivity index (χ3n) is 4.87. The van der Waals surface area contributed by atoms with Gasteiger partial charge in [0.15, 0.2) is 0 Å². The van der Waals surface area contributed by atoms with E-state index < -0.39 is 0 Å². The first kappa shape index (κ1) is 20.4. The lowest BCUT2D eigenvalue weighted by molar-refractivity contribution is -0.130. The standard InChI is InChI=1S/C24H26N2O3/c1-19(27)26(18-22-13-8-16-29-22)15-14-25-24(28)17-23(20-9-4-2-5-10-20)21-11-6-3-7-12-21/h2-13,16,23H,14-15,17-18H2,1H3,(H,25,28). The summed E-state index contributed by atoms with van der Waals surface area (Å²) in [4.78, 5) is 26.2. The van der Waals surface area contributed by atoms with E-state index in [0.29, 0.717) is 26.1 Å². The first-order valence-electron chi connectivity index (χ1n) is 9.78. The minimum atomic E-state index is -0.0536. The second kappa shape index (κ2) is 10.3. The van der Waals surface area contributed by atoms with Crippen molar-refractivity contribution in [1.82, 2.24) is 10.2 Å². The summed E-state index contributed by atoms with van der Waals surface area (Å²) in [6.45, 7) is 2.75. The van der Waals surface area contributed by atoms with Crippen LogP contribution in [0.5, 0.6) is 0 Å². The molecule has 1 aromatic heterocycles. The summed E-state index contributed by atoms with van der Waals surface area (Å²) < 4.78 is 5.31. The number of carbonyl (C=O) groups is 2. The van der Waals surface area contributed by atoms with Gasteiger partial charge in [-0.05, 0) is 23.3 Å². The van der Waals surface area contributed by atoms with Gasteiger partial charge in [0, 0.05) is 32.4 Å². The number of benzene rings is 2. The number of rotatable bonds is 9. The molecule has 0 spiro atoms. The molecule has 1 N–H and O–H groups in total. The molecule has 29 heavy (non-hydrogen) atoms. The maximum atomic E-state index is 12.6. The van der Waals surface area contributed by atoms with Crippen molar-refractivity contribution in [2.45, 2.75) is 25.8 Å². The lowest BCUT2D eigenvalue weighted by atomic mass is 9.88. The number of carbonyl (C=O) groups excluding carboxylic acids is 2. The number of hydrogen-bond donors (Lipinski definition) is 1. The zero-order valence-corrected chi connectivity index (χ0v) is 16.6. The van der Waals surface area contributed by atoms with Crippen LogP contribution in [-0.2, 0) is 16.1 Å². The molecule has 0 aliphatic carbocycles. The van der Waals surface area contributed by atoms with Crippen molar-refractivity contribution in [2.24, 2.45) is 0 Å². The van der Waals surface area contributed by atoms with Crippen LogP contribution in [-0.4, -0.2) is 29.8 Å². The van der Waals surface area contributed by atoms with Crippen molar-refractivity contribution in [3.05, 3.63) is 95.9 Å². The zero-order chi connectivity index (χ0) is 20.5. The van der Waals surface area contributed by atoms with Gasteiger partial charge in [0.2, 0.25) is 11.8 Å². The third-order valence-corrected chi connectivity index (χ3v) is 4.87. The van der Waals surface area contributed by atoms with E-state index in [9.17, 15) is 9.59 Å². The van der Waals surface area contributed by atoms with Crippen LogP contribution in [0, 0.1) is 0 Å². The van der Waals surface area contributed by atoms with E-state index in [0.717, 1.165) is 16.9 Å². The van der Waals surface area contributed by atoms with E-state index in [-0.39, 0.29) is 17.7 Å². The highest BCUT2D eigenvalue weighted by molar-refractivity contribution is 5.77. The summed E-state index contributed by atoms with van der Waals surface area (Å²) in [5.74, 6) is 0.621. The summed E-state index contributed by atoms with van der Waals surface area (Å²) in [5, 5.41) is 2.95. The van der Waals surface area contributed by atoms with E-state index in [2.05, 4.69) is 5.32 Å². The Bertz CT molecular complexity index is 853. The van der Waals surface area contributed by atoms with E-state index in [1.165, 1.54) is 6.92 Å². The third kappa shape index (κ3) is 6.07. The summed E-state index contributed by atoms with van der Waals surface area (Å²) >= 11 is 0. The van der Waals surface area contributed by atoms with Gasteiger partial charge in [0.05, 0.1) is 12.8 Å². The molecule has 3 aromatic rings. The molecular weight excluding hydrogens is 364 g/mol. The Hall–Kier alpha value is -3.34. The quantitative estimate of drug-likeness (QED) is 0.601. The van der Waals surface area contributed by atoms with Crippen LogP contribution in [0.4, 0.5) is 0 Å². The molecule has 0 saturated heterocycles. The second-order valence-corrected chi connectivity index (χ2v) is 6.95. The molecular formula is C24H26N2O3. The smallest absolute Gasteiger partial charge is 0.221 e. The fourth-order valence-corrected chi connectivity index (χ4v) is 3.33. The Labute approximate surface area is 171 Å². The molecule has 0 fully saturated rings. The van der Waals surface area contributed by atoms with Crippen LogP contribution in [0.25, 0.3) is 0 Å².